The predicted molar refractivity (Wildman–Crippen MR) is 142 cm³/mol. The molecule has 0 spiro atoms. The number of hydrogen-bond donors (Lipinski definition) is 3. The van der Waals surface area contributed by atoms with Crippen LogP contribution in [0.15, 0.2) is 47.5 Å². The quantitative estimate of drug-likeness (QED) is 0.349. The minimum Gasteiger partial charge on any atom is -0.353 e. The Hall–Kier alpha value is -3.44. The molecule has 1 aromatic heterocycles. The third-order valence-electron chi connectivity index (χ3n) is 6.73. The van der Waals surface area contributed by atoms with Crippen molar-refractivity contribution in [3.05, 3.63) is 71.1 Å². The normalized spacial score (nSPS) is 14.3. The first-order chi connectivity index (χ1) is 18.1. The highest BCUT2D eigenvalue weighted by atomic mass is 32.2. The highest BCUT2D eigenvalue weighted by Gasteiger charge is 2.20. The van der Waals surface area contributed by atoms with Crippen LogP contribution in [-0.2, 0) is 27.7 Å². The van der Waals surface area contributed by atoms with Crippen molar-refractivity contribution in [2.45, 2.75) is 56.8 Å². The number of amides is 1. The number of carbonyl (C=O) groups is 1. The summed E-state index contributed by atoms with van der Waals surface area (Å²) in [5.74, 6) is -1.91. The number of aryl methyl sites for hydroxylation is 1. The van der Waals surface area contributed by atoms with Crippen LogP contribution >= 0.6 is 0 Å². The van der Waals surface area contributed by atoms with Gasteiger partial charge in [0.1, 0.15) is 0 Å². The molecule has 1 aliphatic carbocycles. The molecule has 1 amide bonds. The Bertz CT molecular complexity index is 1430. The van der Waals surface area contributed by atoms with Crippen molar-refractivity contribution in [3.63, 3.8) is 0 Å². The number of aromatic nitrogens is 2. The van der Waals surface area contributed by atoms with Crippen LogP contribution in [0.1, 0.15) is 48.9 Å². The molecule has 1 heterocycles. The van der Waals surface area contributed by atoms with Gasteiger partial charge in [-0.15, -0.1) is 0 Å². The molecule has 202 valence electrons. The second kappa shape index (κ2) is 12.0. The van der Waals surface area contributed by atoms with Gasteiger partial charge in [0, 0.05) is 5.69 Å². The average Bonchev–Trinajstić information content (AvgIpc) is 2.89. The summed E-state index contributed by atoms with van der Waals surface area (Å²) in [6, 6.07) is 8.14. The standard InChI is InChI=1S/C27H31F2N5O3S/c1-17-8-10-20(38(36,37)30-2)15-23(17)32-25-16-31-27(33-24(25)13-18-6-4-3-5-7-18)34-26(35)14-19-9-11-21(28)22(29)12-19/h8-12,15-16,18,30,32H,3-7,13-14H2,1-2H3,(H,31,33,34,35). The zero-order chi connectivity index (χ0) is 27.3. The molecule has 0 radical (unpaired) electrons. The van der Waals surface area contributed by atoms with E-state index < -0.39 is 27.6 Å². The fraction of sp³-hybridized carbons (Fsp3) is 0.370. The van der Waals surface area contributed by atoms with Crippen LogP contribution in [0, 0.1) is 24.5 Å². The van der Waals surface area contributed by atoms with Gasteiger partial charge in [0.25, 0.3) is 0 Å². The topological polar surface area (TPSA) is 113 Å². The Morgan fingerprint density at radius 1 is 1.03 bits per heavy atom. The molecule has 1 saturated carbocycles. The molecular formula is C27H31F2N5O3S. The van der Waals surface area contributed by atoms with Gasteiger partial charge in [-0.3, -0.25) is 10.1 Å². The van der Waals surface area contributed by atoms with Crippen molar-refractivity contribution < 1.29 is 22.0 Å². The molecule has 3 N–H and O–H groups in total. The molecule has 0 saturated heterocycles. The lowest BCUT2D eigenvalue weighted by Gasteiger charge is -2.23. The van der Waals surface area contributed by atoms with E-state index in [4.69, 9.17) is 0 Å². The summed E-state index contributed by atoms with van der Waals surface area (Å²) in [6.45, 7) is 1.87. The van der Waals surface area contributed by atoms with Crippen molar-refractivity contribution in [2.75, 3.05) is 17.7 Å². The van der Waals surface area contributed by atoms with Crippen LogP contribution in [0.4, 0.5) is 26.1 Å². The van der Waals surface area contributed by atoms with Crippen molar-refractivity contribution in [1.82, 2.24) is 14.7 Å². The third-order valence-corrected chi connectivity index (χ3v) is 8.14. The van der Waals surface area contributed by atoms with E-state index in [0.29, 0.717) is 35.0 Å². The van der Waals surface area contributed by atoms with Crippen LogP contribution in [-0.4, -0.2) is 31.3 Å². The largest absolute Gasteiger partial charge is 0.353 e. The molecule has 0 aliphatic heterocycles. The molecule has 4 rings (SSSR count). The van der Waals surface area contributed by atoms with E-state index in [1.807, 2.05) is 6.92 Å². The first-order valence-electron chi connectivity index (χ1n) is 12.6. The summed E-state index contributed by atoms with van der Waals surface area (Å²) in [6.07, 6.45) is 7.75. The minimum atomic E-state index is -3.63. The van der Waals surface area contributed by atoms with Gasteiger partial charge in [-0.1, -0.05) is 44.2 Å². The zero-order valence-electron chi connectivity index (χ0n) is 21.4. The van der Waals surface area contributed by atoms with E-state index in [1.54, 1.807) is 18.3 Å². The van der Waals surface area contributed by atoms with Gasteiger partial charge in [0.2, 0.25) is 21.9 Å². The maximum Gasteiger partial charge on any atom is 0.240 e. The number of nitrogens with zero attached hydrogens (tertiary/aromatic N) is 2. The molecule has 0 bridgehead atoms. The number of halogens is 2. The van der Waals surface area contributed by atoms with E-state index in [9.17, 15) is 22.0 Å². The monoisotopic (exact) mass is 543 g/mol. The summed E-state index contributed by atoms with van der Waals surface area (Å²) in [5, 5.41) is 5.94. The first kappa shape index (κ1) is 27.6. The van der Waals surface area contributed by atoms with Crippen LogP contribution in [0.25, 0.3) is 0 Å². The van der Waals surface area contributed by atoms with Gasteiger partial charge in [0.15, 0.2) is 11.6 Å². The number of rotatable bonds is 9. The number of sulfonamides is 1. The van der Waals surface area contributed by atoms with Crippen molar-refractivity contribution in [3.8, 4) is 0 Å². The molecular weight excluding hydrogens is 512 g/mol. The van der Waals surface area contributed by atoms with Gasteiger partial charge in [-0.25, -0.2) is 31.9 Å². The Morgan fingerprint density at radius 3 is 2.50 bits per heavy atom. The number of carbonyl (C=O) groups excluding carboxylic acids is 1. The number of anilines is 3. The van der Waals surface area contributed by atoms with Crippen molar-refractivity contribution in [2.24, 2.45) is 5.92 Å². The lowest BCUT2D eigenvalue weighted by molar-refractivity contribution is -0.115. The number of benzene rings is 2. The fourth-order valence-electron chi connectivity index (χ4n) is 4.57. The fourth-order valence-corrected chi connectivity index (χ4v) is 5.33. The van der Waals surface area contributed by atoms with Gasteiger partial charge in [0.05, 0.1) is 28.9 Å². The van der Waals surface area contributed by atoms with E-state index in [2.05, 4.69) is 25.3 Å². The summed E-state index contributed by atoms with van der Waals surface area (Å²) < 4.78 is 53.7. The van der Waals surface area contributed by atoms with Gasteiger partial charge >= 0.3 is 0 Å². The van der Waals surface area contributed by atoms with Gasteiger partial charge < -0.3 is 5.32 Å². The molecule has 1 aliphatic rings. The Kier molecular flexibility index (Phi) is 8.68. The number of nitrogens with one attached hydrogen (secondary N) is 3. The highest BCUT2D eigenvalue weighted by Crippen LogP contribution is 2.31. The second-order valence-corrected chi connectivity index (χ2v) is 11.4. The van der Waals surface area contributed by atoms with Gasteiger partial charge in [-0.05, 0) is 61.7 Å². The smallest absolute Gasteiger partial charge is 0.240 e. The maximum absolute atomic E-state index is 13.5. The maximum atomic E-state index is 13.5. The van der Waals surface area contributed by atoms with E-state index in [0.717, 1.165) is 43.4 Å². The molecule has 11 heteroatoms. The van der Waals surface area contributed by atoms with Crippen LogP contribution in [0.3, 0.4) is 0 Å². The SMILES string of the molecule is CNS(=O)(=O)c1ccc(C)c(Nc2cnc(NC(=O)Cc3ccc(F)c(F)c3)nc2CC2CCCCC2)c1. The summed E-state index contributed by atoms with van der Waals surface area (Å²) in [5.41, 5.74) is 3.10. The summed E-state index contributed by atoms with van der Waals surface area (Å²) in [7, 11) is -2.27. The molecule has 3 aromatic rings. The van der Waals surface area contributed by atoms with E-state index in [-0.39, 0.29) is 17.3 Å². The highest BCUT2D eigenvalue weighted by molar-refractivity contribution is 7.89. The molecule has 2 aromatic carbocycles. The van der Waals surface area contributed by atoms with Crippen LogP contribution < -0.4 is 15.4 Å². The molecule has 38 heavy (non-hydrogen) atoms. The Balaban J connectivity index is 1.59. The number of hydrogen-bond acceptors (Lipinski definition) is 6. The molecule has 1 fully saturated rings. The van der Waals surface area contributed by atoms with Crippen LogP contribution in [0.2, 0.25) is 0 Å². The Morgan fingerprint density at radius 2 is 1.79 bits per heavy atom. The molecule has 0 atom stereocenters. The zero-order valence-corrected chi connectivity index (χ0v) is 22.2. The van der Waals surface area contributed by atoms with E-state index >= 15 is 0 Å². The van der Waals surface area contributed by atoms with Gasteiger partial charge in [-0.2, -0.15) is 0 Å². The average molecular weight is 544 g/mol. The van der Waals surface area contributed by atoms with Crippen molar-refractivity contribution >= 4 is 33.3 Å². The second-order valence-electron chi connectivity index (χ2n) is 9.54. The Labute approximate surface area is 221 Å². The molecule has 8 nitrogen and oxygen atoms in total. The summed E-state index contributed by atoms with van der Waals surface area (Å²) >= 11 is 0. The lowest BCUT2D eigenvalue weighted by atomic mass is 9.86. The first-order valence-corrected chi connectivity index (χ1v) is 14.0. The van der Waals surface area contributed by atoms with Crippen molar-refractivity contribution in [1.29, 1.82) is 0 Å². The summed E-state index contributed by atoms with van der Waals surface area (Å²) in [4.78, 5) is 21.6. The minimum absolute atomic E-state index is 0.108. The third kappa shape index (κ3) is 6.90. The predicted octanol–water partition coefficient (Wildman–Crippen LogP) is 5.02. The van der Waals surface area contributed by atoms with E-state index in [1.165, 1.54) is 25.6 Å². The molecule has 0 unspecified atom stereocenters. The van der Waals surface area contributed by atoms with Crippen LogP contribution in [0.5, 0.6) is 0 Å². The lowest BCUT2D eigenvalue weighted by Crippen LogP contribution is -2.19.